The van der Waals surface area contributed by atoms with Crippen molar-refractivity contribution in [2.45, 2.75) is 32.6 Å². The van der Waals surface area contributed by atoms with Crippen molar-refractivity contribution in [3.63, 3.8) is 0 Å². The highest BCUT2D eigenvalue weighted by Crippen LogP contribution is 2.17. The zero-order valence-electron chi connectivity index (χ0n) is 10.4. The van der Waals surface area contributed by atoms with Crippen molar-refractivity contribution in [2.24, 2.45) is 7.05 Å². The molecule has 0 bridgehead atoms. The Labute approximate surface area is 102 Å². The molecule has 0 unspecified atom stereocenters. The Hall–Kier alpha value is -1.82. The molecule has 0 aliphatic heterocycles. The molecule has 1 heterocycles. The minimum Gasteiger partial charge on any atom is -0.331 e. The van der Waals surface area contributed by atoms with E-state index in [2.05, 4.69) is 22.5 Å². The Morgan fingerprint density at radius 2 is 2.18 bits per heavy atom. The highest BCUT2D eigenvalue weighted by atomic mass is 15.1. The monoisotopic (exact) mass is 227 g/mol. The van der Waals surface area contributed by atoms with Gasteiger partial charge in [0.05, 0.1) is 22.7 Å². The normalized spacial score (nSPS) is 10.6. The molecule has 0 aliphatic rings. The second-order valence-electron chi connectivity index (χ2n) is 4.36. The van der Waals surface area contributed by atoms with Crippen LogP contribution in [0.1, 0.15) is 37.6 Å². The summed E-state index contributed by atoms with van der Waals surface area (Å²) in [7, 11) is 2.04. The average Bonchev–Trinajstić information content (AvgIpc) is 2.66. The number of aryl methyl sites for hydroxylation is 2. The van der Waals surface area contributed by atoms with E-state index in [1.807, 2.05) is 25.2 Å². The van der Waals surface area contributed by atoms with Crippen LogP contribution in [0.4, 0.5) is 0 Å². The van der Waals surface area contributed by atoms with E-state index >= 15 is 0 Å². The fourth-order valence-corrected chi connectivity index (χ4v) is 2.08. The molecule has 0 atom stereocenters. The lowest BCUT2D eigenvalue weighted by Gasteiger charge is -2.01. The average molecular weight is 227 g/mol. The van der Waals surface area contributed by atoms with Crippen molar-refractivity contribution < 1.29 is 0 Å². The maximum atomic E-state index is 8.86. The Morgan fingerprint density at radius 3 is 2.88 bits per heavy atom. The van der Waals surface area contributed by atoms with Crippen molar-refractivity contribution in [3.05, 3.63) is 29.6 Å². The number of unbranched alkanes of at least 4 members (excludes halogenated alkanes) is 2. The zero-order chi connectivity index (χ0) is 12.3. The third kappa shape index (κ3) is 2.31. The molecule has 0 radical (unpaired) electrons. The summed E-state index contributed by atoms with van der Waals surface area (Å²) in [5.74, 6) is 1.11. The molecule has 0 N–H and O–H groups in total. The smallest absolute Gasteiger partial charge is 0.109 e. The van der Waals surface area contributed by atoms with Gasteiger partial charge in [0.15, 0.2) is 0 Å². The summed E-state index contributed by atoms with van der Waals surface area (Å²) in [6, 6.07) is 7.83. The maximum absolute atomic E-state index is 8.86. The molecule has 0 fully saturated rings. The highest BCUT2D eigenvalue weighted by molar-refractivity contribution is 5.77. The molecule has 3 heteroatoms. The van der Waals surface area contributed by atoms with Crippen molar-refractivity contribution in [2.75, 3.05) is 0 Å². The van der Waals surface area contributed by atoms with Crippen molar-refractivity contribution in [1.82, 2.24) is 9.55 Å². The summed E-state index contributed by atoms with van der Waals surface area (Å²) in [5, 5.41) is 8.86. The summed E-state index contributed by atoms with van der Waals surface area (Å²) >= 11 is 0. The fraction of sp³-hybridized carbons (Fsp3) is 0.429. The Morgan fingerprint density at radius 1 is 1.35 bits per heavy atom. The number of nitrogens with zero attached hydrogens (tertiary/aromatic N) is 3. The van der Waals surface area contributed by atoms with E-state index in [-0.39, 0.29) is 0 Å². The fourth-order valence-electron chi connectivity index (χ4n) is 2.08. The van der Waals surface area contributed by atoms with Crippen LogP contribution in [0.3, 0.4) is 0 Å². The first-order chi connectivity index (χ1) is 8.26. The van der Waals surface area contributed by atoms with Crippen LogP contribution in [0.2, 0.25) is 0 Å². The van der Waals surface area contributed by atoms with Crippen LogP contribution in [-0.4, -0.2) is 9.55 Å². The Kier molecular flexibility index (Phi) is 3.43. The minimum atomic E-state index is 0.677. The number of aromatic nitrogens is 2. The van der Waals surface area contributed by atoms with Gasteiger partial charge in [-0.25, -0.2) is 4.98 Å². The van der Waals surface area contributed by atoms with Gasteiger partial charge in [0.1, 0.15) is 5.82 Å². The van der Waals surface area contributed by atoms with Crippen LogP contribution in [0, 0.1) is 11.3 Å². The Bertz CT molecular complexity index is 561. The molecule has 0 aliphatic carbocycles. The predicted octanol–water partition coefficient (Wildman–Crippen LogP) is 3.18. The first-order valence-electron chi connectivity index (χ1n) is 6.11. The first kappa shape index (κ1) is 11.7. The lowest BCUT2D eigenvalue weighted by atomic mass is 10.2. The number of nitriles is 1. The molecule has 2 aromatic rings. The molecular formula is C14H17N3. The van der Waals surface area contributed by atoms with Gasteiger partial charge in [0.25, 0.3) is 0 Å². The van der Waals surface area contributed by atoms with E-state index in [4.69, 9.17) is 5.26 Å². The van der Waals surface area contributed by atoms with Crippen LogP contribution < -0.4 is 0 Å². The number of imidazole rings is 1. The highest BCUT2D eigenvalue weighted by Gasteiger charge is 2.07. The van der Waals surface area contributed by atoms with Crippen LogP contribution >= 0.6 is 0 Å². The van der Waals surface area contributed by atoms with Crippen LogP contribution in [-0.2, 0) is 13.5 Å². The molecule has 0 spiro atoms. The number of fused-ring (bicyclic) bond motifs is 1. The van der Waals surface area contributed by atoms with Crippen molar-refractivity contribution in [1.29, 1.82) is 5.26 Å². The number of benzene rings is 1. The standard InChI is InChI=1S/C14H17N3/c1-3-4-5-6-14-16-12-9-11(10-15)7-8-13(12)17(14)2/h7-9H,3-6H2,1-2H3. The number of hydrogen-bond donors (Lipinski definition) is 0. The molecule has 17 heavy (non-hydrogen) atoms. The molecule has 1 aromatic carbocycles. The van der Waals surface area contributed by atoms with E-state index in [1.165, 1.54) is 19.3 Å². The van der Waals surface area contributed by atoms with E-state index in [0.29, 0.717) is 5.56 Å². The lowest BCUT2D eigenvalue weighted by Crippen LogP contribution is -1.97. The SMILES string of the molecule is CCCCCc1nc2cc(C#N)ccc2n1C. The second-order valence-corrected chi connectivity index (χ2v) is 4.36. The molecule has 1 aromatic heterocycles. The molecule has 88 valence electrons. The van der Waals surface area contributed by atoms with Gasteiger partial charge in [-0.2, -0.15) is 5.26 Å². The topological polar surface area (TPSA) is 41.6 Å². The van der Waals surface area contributed by atoms with Crippen LogP contribution in [0.25, 0.3) is 11.0 Å². The van der Waals surface area contributed by atoms with Gasteiger partial charge >= 0.3 is 0 Å². The maximum Gasteiger partial charge on any atom is 0.109 e. The lowest BCUT2D eigenvalue weighted by molar-refractivity contribution is 0.676. The molecular weight excluding hydrogens is 210 g/mol. The second kappa shape index (κ2) is 5.01. The van der Waals surface area contributed by atoms with Crippen molar-refractivity contribution >= 4 is 11.0 Å². The van der Waals surface area contributed by atoms with Gasteiger partial charge in [-0.15, -0.1) is 0 Å². The predicted molar refractivity (Wildman–Crippen MR) is 68.7 cm³/mol. The molecule has 3 nitrogen and oxygen atoms in total. The van der Waals surface area contributed by atoms with Gasteiger partial charge in [-0.3, -0.25) is 0 Å². The third-order valence-corrected chi connectivity index (χ3v) is 3.11. The van der Waals surface area contributed by atoms with Crippen molar-refractivity contribution in [3.8, 4) is 6.07 Å². The van der Waals surface area contributed by atoms with E-state index < -0.39 is 0 Å². The largest absolute Gasteiger partial charge is 0.331 e. The van der Waals surface area contributed by atoms with E-state index in [9.17, 15) is 0 Å². The third-order valence-electron chi connectivity index (χ3n) is 3.11. The number of hydrogen-bond acceptors (Lipinski definition) is 2. The van der Waals surface area contributed by atoms with Gasteiger partial charge in [-0.05, 0) is 24.6 Å². The quantitative estimate of drug-likeness (QED) is 0.753. The number of rotatable bonds is 4. The summed E-state index contributed by atoms with van der Waals surface area (Å²) < 4.78 is 2.13. The molecule has 0 saturated carbocycles. The molecule has 2 rings (SSSR count). The van der Waals surface area contributed by atoms with Crippen LogP contribution in [0.5, 0.6) is 0 Å². The summed E-state index contributed by atoms with van der Waals surface area (Å²) in [5.41, 5.74) is 2.71. The zero-order valence-corrected chi connectivity index (χ0v) is 10.4. The van der Waals surface area contributed by atoms with E-state index in [0.717, 1.165) is 23.3 Å². The molecule has 0 amide bonds. The first-order valence-corrected chi connectivity index (χ1v) is 6.11. The van der Waals surface area contributed by atoms with Gasteiger partial charge < -0.3 is 4.57 Å². The minimum absolute atomic E-state index is 0.677. The van der Waals surface area contributed by atoms with Crippen LogP contribution in [0.15, 0.2) is 18.2 Å². The summed E-state index contributed by atoms with van der Waals surface area (Å²) in [4.78, 5) is 4.60. The summed E-state index contributed by atoms with van der Waals surface area (Å²) in [6.07, 6.45) is 4.66. The van der Waals surface area contributed by atoms with Gasteiger partial charge in [0, 0.05) is 13.5 Å². The summed E-state index contributed by atoms with van der Waals surface area (Å²) in [6.45, 7) is 2.20. The molecule has 0 saturated heterocycles. The van der Waals surface area contributed by atoms with Gasteiger partial charge in [0.2, 0.25) is 0 Å². The van der Waals surface area contributed by atoms with E-state index in [1.54, 1.807) is 0 Å². The Balaban J connectivity index is 2.32. The van der Waals surface area contributed by atoms with Gasteiger partial charge in [-0.1, -0.05) is 19.8 Å².